The molecular weight excluding hydrogens is 260 g/mol. The first-order valence-electron chi connectivity index (χ1n) is 8.11. The van der Waals surface area contributed by atoms with Gasteiger partial charge in [0.1, 0.15) is 5.75 Å². The first-order chi connectivity index (χ1) is 9.95. The zero-order chi connectivity index (χ0) is 15.1. The number of hydrogen-bond acceptors (Lipinski definition) is 3. The van der Waals surface area contributed by atoms with E-state index in [2.05, 4.69) is 43.0 Å². The summed E-state index contributed by atoms with van der Waals surface area (Å²) in [5.74, 6) is 0.928. The highest BCUT2D eigenvalue weighted by atomic mass is 16.5. The lowest BCUT2D eigenvalue weighted by Gasteiger charge is -2.61. The van der Waals surface area contributed by atoms with E-state index in [9.17, 15) is 0 Å². The van der Waals surface area contributed by atoms with E-state index in [1.165, 1.54) is 24.8 Å². The molecule has 0 aromatic heterocycles. The summed E-state index contributed by atoms with van der Waals surface area (Å²) in [6, 6.07) is 8.86. The largest absolute Gasteiger partial charge is 0.497 e. The molecule has 21 heavy (non-hydrogen) atoms. The van der Waals surface area contributed by atoms with Crippen LogP contribution >= 0.6 is 0 Å². The van der Waals surface area contributed by atoms with E-state index in [1.54, 1.807) is 7.11 Å². The van der Waals surface area contributed by atoms with Gasteiger partial charge in [0.15, 0.2) is 0 Å². The number of hydrogen-bond donors (Lipinski definition) is 1. The van der Waals surface area contributed by atoms with Crippen LogP contribution in [0.3, 0.4) is 0 Å². The van der Waals surface area contributed by atoms with E-state index in [0.29, 0.717) is 6.04 Å². The number of nitrogens with two attached hydrogens (primary N) is 1. The third kappa shape index (κ3) is 2.69. The summed E-state index contributed by atoms with van der Waals surface area (Å²) in [5, 5.41) is 0. The maximum atomic E-state index is 6.35. The molecule has 0 amide bonds. The molecule has 1 aromatic rings. The van der Waals surface area contributed by atoms with E-state index in [4.69, 9.17) is 10.5 Å². The summed E-state index contributed by atoms with van der Waals surface area (Å²) < 4.78 is 5.26. The van der Waals surface area contributed by atoms with Crippen molar-refractivity contribution >= 4 is 0 Å². The van der Waals surface area contributed by atoms with Gasteiger partial charge in [0, 0.05) is 23.7 Å². The quantitative estimate of drug-likeness (QED) is 0.927. The maximum Gasteiger partial charge on any atom is 0.118 e. The SMILES string of the molecule is COc1ccc(CN2C3(C)CCCC2(C)CC(N)C3)cc1. The minimum absolute atomic E-state index is 0.255. The van der Waals surface area contributed by atoms with Gasteiger partial charge >= 0.3 is 0 Å². The monoisotopic (exact) mass is 288 g/mol. The Kier molecular flexibility index (Phi) is 3.74. The minimum atomic E-state index is 0.255. The molecule has 2 heterocycles. The fourth-order valence-corrected chi connectivity index (χ4v) is 4.69. The zero-order valence-corrected chi connectivity index (χ0v) is 13.6. The van der Waals surface area contributed by atoms with Gasteiger partial charge in [-0.05, 0) is 63.6 Å². The molecule has 0 spiro atoms. The topological polar surface area (TPSA) is 38.5 Å². The second kappa shape index (κ2) is 5.29. The van der Waals surface area contributed by atoms with Crippen LogP contribution in [0.5, 0.6) is 5.75 Å². The summed E-state index contributed by atoms with van der Waals surface area (Å²) in [6.45, 7) is 5.84. The fraction of sp³-hybridized carbons (Fsp3) is 0.667. The van der Waals surface area contributed by atoms with Gasteiger partial charge in [-0.3, -0.25) is 4.90 Å². The van der Waals surface area contributed by atoms with Crippen LogP contribution in [0.2, 0.25) is 0 Å². The number of ether oxygens (including phenoxy) is 1. The molecule has 2 N–H and O–H groups in total. The van der Waals surface area contributed by atoms with Crippen molar-refractivity contribution in [2.24, 2.45) is 5.73 Å². The molecule has 0 radical (unpaired) electrons. The average Bonchev–Trinajstić information content (AvgIpc) is 2.42. The van der Waals surface area contributed by atoms with Gasteiger partial charge in [-0.2, -0.15) is 0 Å². The van der Waals surface area contributed by atoms with Gasteiger partial charge in [-0.1, -0.05) is 12.1 Å². The molecule has 2 fully saturated rings. The number of nitrogens with zero attached hydrogens (tertiary/aromatic N) is 1. The van der Waals surface area contributed by atoms with Crippen LogP contribution in [0, 0.1) is 0 Å². The first-order valence-corrected chi connectivity index (χ1v) is 8.11. The second-order valence-electron chi connectivity index (χ2n) is 7.45. The fourth-order valence-electron chi connectivity index (χ4n) is 4.69. The standard InChI is InChI=1S/C18H28N2O/c1-17-9-4-10-18(2,12-15(19)11-17)20(17)13-14-5-7-16(21-3)8-6-14/h5-8,15H,4,9-13,19H2,1-3H3. The number of methoxy groups -OCH3 is 1. The van der Waals surface area contributed by atoms with Crippen LogP contribution in [0.25, 0.3) is 0 Å². The van der Waals surface area contributed by atoms with Crippen LogP contribution < -0.4 is 10.5 Å². The average molecular weight is 288 g/mol. The molecule has 2 unspecified atom stereocenters. The van der Waals surface area contributed by atoms with Gasteiger partial charge in [-0.15, -0.1) is 0 Å². The Hall–Kier alpha value is -1.06. The molecule has 3 nitrogen and oxygen atoms in total. The first kappa shape index (κ1) is 14.9. The maximum absolute atomic E-state index is 6.35. The van der Waals surface area contributed by atoms with Gasteiger partial charge in [0.05, 0.1) is 7.11 Å². The van der Waals surface area contributed by atoms with E-state index >= 15 is 0 Å². The summed E-state index contributed by atoms with van der Waals surface area (Å²) in [4.78, 5) is 2.73. The third-order valence-corrected chi connectivity index (χ3v) is 5.64. The highest BCUT2D eigenvalue weighted by molar-refractivity contribution is 5.27. The van der Waals surface area contributed by atoms with Crippen molar-refractivity contribution in [1.29, 1.82) is 0 Å². The normalized spacial score (nSPS) is 36.5. The lowest BCUT2D eigenvalue weighted by atomic mass is 9.67. The van der Waals surface area contributed by atoms with Crippen molar-refractivity contribution in [3.05, 3.63) is 29.8 Å². The van der Waals surface area contributed by atoms with Crippen molar-refractivity contribution in [2.75, 3.05) is 7.11 Å². The number of piperidine rings is 2. The summed E-state index contributed by atoms with van der Waals surface area (Å²) >= 11 is 0. The van der Waals surface area contributed by atoms with E-state index in [0.717, 1.165) is 25.1 Å². The Morgan fingerprint density at radius 3 is 2.24 bits per heavy atom. The van der Waals surface area contributed by atoms with Crippen LogP contribution in [-0.2, 0) is 6.54 Å². The predicted octanol–water partition coefficient (Wildman–Crippen LogP) is 3.32. The smallest absolute Gasteiger partial charge is 0.118 e. The van der Waals surface area contributed by atoms with Crippen LogP contribution in [0.15, 0.2) is 24.3 Å². The highest BCUT2D eigenvalue weighted by Gasteiger charge is 2.51. The Labute approximate surface area is 128 Å². The molecule has 2 aliphatic rings. The second-order valence-corrected chi connectivity index (χ2v) is 7.45. The Balaban J connectivity index is 1.85. The molecule has 2 atom stereocenters. The van der Waals surface area contributed by atoms with Gasteiger partial charge < -0.3 is 10.5 Å². The number of fused-ring (bicyclic) bond motifs is 2. The Morgan fingerprint density at radius 1 is 1.14 bits per heavy atom. The predicted molar refractivity (Wildman–Crippen MR) is 86.4 cm³/mol. The molecule has 0 saturated carbocycles. The molecule has 116 valence electrons. The molecule has 3 rings (SSSR count). The third-order valence-electron chi connectivity index (χ3n) is 5.64. The minimum Gasteiger partial charge on any atom is -0.497 e. The molecule has 2 bridgehead atoms. The van der Waals surface area contributed by atoms with Crippen molar-refractivity contribution in [3.8, 4) is 5.75 Å². The van der Waals surface area contributed by atoms with Crippen molar-refractivity contribution < 1.29 is 4.74 Å². The van der Waals surface area contributed by atoms with Crippen molar-refractivity contribution in [2.45, 2.75) is 69.6 Å². The number of rotatable bonds is 3. The van der Waals surface area contributed by atoms with Crippen molar-refractivity contribution in [3.63, 3.8) is 0 Å². The van der Waals surface area contributed by atoms with Gasteiger partial charge in [-0.25, -0.2) is 0 Å². The van der Waals surface area contributed by atoms with Crippen LogP contribution in [-0.4, -0.2) is 29.1 Å². The van der Waals surface area contributed by atoms with E-state index in [1.807, 2.05) is 0 Å². The van der Waals surface area contributed by atoms with Crippen LogP contribution in [0.1, 0.15) is 51.5 Å². The summed E-state index contributed by atoms with van der Waals surface area (Å²) in [5.41, 5.74) is 8.22. The van der Waals surface area contributed by atoms with Gasteiger partial charge in [0.2, 0.25) is 0 Å². The zero-order valence-electron chi connectivity index (χ0n) is 13.6. The van der Waals surface area contributed by atoms with E-state index < -0.39 is 0 Å². The molecule has 2 aliphatic heterocycles. The molecule has 2 saturated heterocycles. The summed E-state index contributed by atoms with van der Waals surface area (Å²) in [6.07, 6.45) is 6.12. The molecular formula is C18H28N2O. The number of benzene rings is 1. The Morgan fingerprint density at radius 2 is 1.71 bits per heavy atom. The lowest BCUT2D eigenvalue weighted by Crippen LogP contribution is -2.67. The molecule has 3 heteroatoms. The molecule has 1 aromatic carbocycles. The summed E-state index contributed by atoms with van der Waals surface area (Å²) in [7, 11) is 1.72. The van der Waals surface area contributed by atoms with Gasteiger partial charge in [0.25, 0.3) is 0 Å². The highest BCUT2D eigenvalue weighted by Crippen LogP contribution is 2.48. The Bertz CT molecular complexity index is 480. The van der Waals surface area contributed by atoms with Crippen molar-refractivity contribution in [1.82, 2.24) is 4.90 Å². The lowest BCUT2D eigenvalue weighted by molar-refractivity contribution is -0.0971. The van der Waals surface area contributed by atoms with Crippen LogP contribution in [0.4, 0.5) is 0 Å². The van der Waals surface area contributed by atoms with E-state index in [-0.39, 0.29) is 11.1 Å². The molecule has 0 aliphatic carbocycles.